The SMILES string of the molecule is CCc1ccc(CCC(=O)N(CCC(N)=O)Cc2ccccc2)cc1. The lowest BCUT2D eigenvalue weighted by Gasteiger charge is -2.22. The first-order valence-corrected chi connectivity index (χ1v) is 8.76. The Balaban J connectivity index is 1.96. The molecule has 0 heterocycles. The minimum absolute atomic E-state index is 0.0460. The largest absolute Gasteiger partial charge is 0.370 e. The van der Waals surface area contributed by atoms with E-state index in [1.807, 2.05) is 30.3 Å². The molecular weight excluding hydrogens is 312 g/mol. The fourth-order valence-corrected chi connectivity index (χ4v) is 2.69. The number of aryl methyl sites for hydroxylation is 2. The van der Waals surface area contributed by atoms with Gasteiger partial charge in [-0.05, 0) is 29.5 Å². The maximum Gasteiger partial charge on any atom is 0.223 e. The number of primary amides is 1. The highest BCUT2D eigenvalue weighted by Gasteiger charge is 2.15. The predicted molar refractivity (Wildman–Crippen MR) is 99.8 cm³/mol. The number of hydrogen-bond donors (Lipinski definition) is 1. The number of rotatable bonds is 9. The number of nitrogens with zero attached hydrogens (tertiary/aromatic N) is 1. The highest BCUT2D eigenvalue weighted by Crippen LogP contribution is 2.11. The van der Waals surface area contributed by atoms with Crippen molar-refractivity contribution in [2.24, 2.45) is 5.73 Å². The summed E-state index contributed by atoms with van der Waals surface area (Å²) in [6.45, 7) is 2.98. The van der Waals surface area contributed by atoms with Crippen molar-refractivity contribution in [3.63, 3.8) is 0 Å². The molecular formula is C21H26N2O2. The van der Waals surface area contributed by atoms with Gasteiger partial charge in [0.1, 0.15) is 0 Å². The summed E-state index contributed by atoms with van der Waals surface area (Å²) in [7, 11) is 0. The van der Waals surface area contributed by atoms with Crippen molar-refractivity contribution in [3.8, 4) is 0 Å². The monoisotopic (exact) mass is 338 g/mol. The fraction of sp³-hybridized carbons (Fsp3) is 0.333. The van der Waals surface area contributed by atoms with E-state index in [4.69, 9.17) is 5.73 Å². The second-order valence-corrected chi connectivity index (χ2v) is 6.19. The molecule has 0 atom stereocenters. The van der Waals surface area contributed by atoms with Crippen LogP contribution in [0.3, 0.4) is 0 Å². The summed E-state index contributed by atoms with van der Waals surface area (Å²) >= 11 is 0. The van der Waals surface area contributed by atoms with Crippen LogP contribution >= 0.6 is 0 Å². The molecule has 0 fully saturated rings. The number of carbonyl (C=O) groups is 2. The minimum Gasteiger partial charge on any atom is -0.370 e. The molecule has 132 valence electrons. The number of benzene rings is 2. The lowest BCUT2D eigenvalue weighted by Crippen LogP contribution is -2.33. The van der Waals surface area contributed by atoms with Crippen LogP contribution in [0.2, 0.25) is 0 Å². The van der Waals surface area contributed by atoms with E-state index >= 15 is 0 Å². The molecule has 0 aliphatic heterocycles. The van der Waals surface area contributed by atoms with E-state index in [0.717, 1.165) is 17.5 Å². The van der Waals surface area contributed by atoms with E-state index in [9.17, 15) is 9.59 Å². The molecule has 4 nitrogen and oxygen atoms in total. The van der Waals surface area contributed by atoms with Gasteiger partial charge in [0.2, 0.25) is 11.8 Å². The van der Waals surface area contributed by atoms with Crippen LogP contribution in [0.5, 0.6) is 0 Å². The maximum absolute atomic E-state index is 12.6. The van der Waals surface area contributed by atoms with Gasteiger partial charge in [0.25, 0.3) is 0 Å². The van der Waals surface area contributed by atoms with Gasteiger partial charge in [0.05, 0.1) is 0 Å². The molecule has 0 bridgehead atoms. The average Bonchev–Trinajstić information content (AvgIpc) is 2.64. The van der Waals surface area contributed by atoms with Gasteiger partial charge in [-0.25, -0.2) is 0 Å². The van der Waals surface area contributed by atoms with Gasteiger partial charge < -0.3 is 10.6 Å². The van der Waals surface area contributed by atoms with Gasteiger partial charge in [-0.2, -0.15) is 0 Å². The standard InChI is InChI=1S/C21H26N2O2/c1-2-17-8-10-18(11-9-17)12-13-21(25)23(15-14-20(22)24)16-19-6-4-3-5-7-19/h3-11H,2,12-16H2,1H3,(H2,22,24). The molecule has 2 rings (SSSR count). The van der Waals surface area contributed by atoms with Crippen LogP contribution in [0.15, 0.2) is 54.6 Å². The summed E-state index contributed by atoms with van der Waals surface area (Å²) in [4.78, 5) is 25.5. The van der Waals surface area contributed by atoms with Crippen LogP contribution in [0.25, 0.3) is 0 Å². The fourth-order valence-electron chi connectivity index (χ4n) is 2.69. The molecule has 2 aromatic carbocycles. The van der Waals surface area contributed by atoms with Crippen molar-refractivity contribution in [1.82, 2.24) is 4.90 Å². The lowest BCUT2D eigenvalue weighted by atomic mass is 10.1. The first-order chi connectivity index (χ1) is 12.1. The van der Waals surface area contributed by atoms with Crippen LogP contribution in [-0.4, -0.2) is 23.3 Å². The van der Waals surface area contributed by atoms with Gasteiger partial charge in [-0.15, -0.1) is 0 Å². The molecule has 4 heteroatoms. The van der Waals surface area contributed by atoms with E-state index < -0.39 is 0 Å². The van der Waals surface area contributed by atoms with Crippen molar-refractivity contribution in [2.75, 3.05) is 6.54 Å². The molecule has 25 heavy (non-hydrogen) atoms. The van der Waals surface area contributed by atoms with Crippen molar-refractivity contribution in [2.45, 2.75) is 39.2 Å². The van der Waals surface area contributed by atoms with Crippen LogP contribution in [-0.2, 0) is 29.0 Å². The van der Waals surface area contributed by atoms with Crippen molar-refractivity contribution < 1.29 is 9.59 Å². The molecule has 0 spiro atoms. The van der Waals surface area contributed by atoms with Gasteiger partial charge in [-0.1, -0.05) is 61.5 Å². The van der Waals surface area contributed by atoms with E-state index in [0.29, 0.717) is 25.9 Å². The van der Waals surface area contributed by atoms with E-state index in [1.165, 1.54) is 5.56 Å². The third-order valence-electron chi connectivity index (χ3n) is 4.26. The second kappa shape index (κ2) is 9.62. The predicted octanol–water partition coefficient (Wildman–Crippen LogP) is 3.09. The summed E-state index contributed by atoms with van der Waals surface area (Å²) in [6.07, 6.45) is 2.32. The van der Waals surface area contributed by atoms with E-state index in [1.54, 1.807) is 4.90 Å². The Kier molecular flexibility index (Phi) is 7.20. The molecule has 0 radical (unpaired) electrons. The van der Waals surface area contributed by atoms with Crippen LogP contribution < -0.4 is 5.73 Å². The van der Waals surface area contributed by atoms with E-state index in [2.05, 4.69) is 31.2 Å². The van der Waals surface area contributed by atoms with Crippen LogP contribution in [0, 0.1) is 0 Å². The third-order valence-corrected chi connectivity index (χ3v) is 4.26. The van der Waals surface area contributed by atoms with E-state index in [-0.39, 0.29) is 18.2 Å². The van der Waals surface area contributed by atoms with Crippen molar-refractivity contribution in [3.05, 3.63) is 71.3 Å². The Labute approximate surface area is 149 Å². The Hall–Kier alpha value is -2.62. The Bertz CT molecular complexity index is 681. The summed E-state index contributed by atoms with van der Waals surface area (Å²) in [5, 5.41) is 0. The van der Waals surface area contributed by atoms with Gasteiger partial charge in [0.15, 0.2) is 0 Å². The van der Waals surface area contributed by atoms with Gasteiger partial charge in [0, 0.05) is 25.9 Å². The molecule has 2 aromatic rings. The molecule has 0 unspecified atom stereocenters. The zero-order chi connectivity index (χ0) is 18.1. The van der Waals surface area contributed by atoms with Gasteiger partial charge >= 0.3 is 0 Å². The molecule has 0 aromatic heterocycles. The van der Waals surface area contributed by atoms with Gasteiger partial charge in [-0.3, -0.25) is 9.59 Å². The number of amides is 2. The molecule has 0 aliphatic carbocycles. The number of nitrogens with two attached hydrogens (primary N) is 1. The molecule has 0 saturated heterocycles. The Morgan fingerprint density at radius 2 is 1.52 bits per heavy atom. The van der Waals surface area contributed by atoms with Crippen molar-refractivity contribution in [1.29, 1.82) is 0 Å². The normalized spacial score (nSPS) is 10.4. The maximum atomic E-state index is 12.6. The summed E-state index contributed by atoms with van der Waals surface area (Å²) in [5.41, 5.74) is 8.75. The Morgan fingerprint density at radius 3 is 2.12 bits per heavy atom. The highest BCUT2D eigenvalue weighted by molar-refractivity contribution is 5.78. The topological polar surface area (TPSA) is 63.4 Å². The molecule has 0 aliphatic rings. The van der Waals surface area contributed by atoms with Crippen LogP contribution in [0.4, 0.5) is 0 Å². The molecule has 2 amide bonds. The first-order valence-electron chi connectivity index (χ1n) is 8.76. The average molecular weight is 338 g/mol. The number of hydrogen-bond acceptors (Lipinski definition) is 2. The Morgan fingerprint density at radius 1 is 0.880 bits per heavy atom. The number of carbonyl (C=O) groups excluding carboxylic acids is 2. The lowest BCUT2D eigenvalue weighted by molar-refractivity contribution is -0.132. The molecule has 0 saturated carbocycles. The smallest absolute Gasteiger partial charge is 0.223 e. The quantitative estimate of drug-likeness (QED) is 0.764. The zero-order valence-electron chi connectivity index (χ0n) is 14.8. The summed E-state index contributed by atoms with van der Waals surface area (Å²) < 4.78 is 0. The second-order valence-electron chi connectivity index (χ2n) is 6.19. The van der Waals surface area contributed by atoms with Crippen LogP contribution in [0.1, 0.15) is 36.5 Å². The minimum atomic E-state index is -0.388. The summed E-state index contributed by atoms with van der Waals surface area (Å²) in [6, 6.07) is 18.2. The molecule has 2 N–H and O–H groups in total. The van der Waals surface area contributed by atoms with Crippen molar-refractivity contribution >= 4 is 11.8 Å². The highest BCUT2D eigenvalue weighted by atomic mass is 16.2. The first kappa shape index (κ1) is 18.7. The third kappa shape index (κ3) is 6.42. The summed E-state index contributed by atoms with van der Waals surface area (Å²) in [5.74, 6) is -0.342. The zero-order valence-corrected chi connectivity index (χ0v) is 14.8.